The summed E-state index contributed by atoms with van der Waals surface area (Å²) in [6.45, 7) is 8.51. The number of nitrogens with two attached hydrogens (primary N) is 6. The zero-order valence-electron chi connectivity index (χ0n) is 49.3. The van der Waals surface area contributed by atoms with Crippen molar-refractivity contribution in [3.63, 3.8) is 0 Å². The van der Waals surface area contributed by atoms with Gasteiger partial charge in [-0.05, 0) is 128 Å². The van der Waals surface area contributed by atoms with E-state index in [1.165, 1.54) is 9.80 Å². The fourth-order valence-corrected chi connectivity index (χ4v) is 9.88. The summed E-state index contributed by atoms with van der Waals surface area (Å²) in [5.41, 5.74) is 33.9. The molecule has 0 bridgehead atoms. The lowest BCUT2D eigenvalue weighted by atomic mass is 10.00. The molecule has 32 nitrogen and oxygen atoms in total. The molecule has 0 saturated carbocycles. The Labute approximate surface area is 491 Å². The van der Waals surface area contributed by atoms with E-state index >= 15 is 0 Å². The molecule has 0 aromatic carbocycles. The third-order valence-electron chi connectivity index (χ3n) is 14.1. The second-order valence-electron chi connectivity index (χ2n) is 22.2. The number of likely N-dealkylation sites (tertiary alicyclic amines) is 2. The van der Waals surface area contributed by atoms with Gasteiger partial charge in [0.15, 0.2) is 23.8 Å². The largest absolute Gasteiger partial charge is 0.480 e. The van der Waals surface area contributed by atoms with Crippen LogP contribution in [0.5, 0.6) is 0 Å². The standard InChI is InChI=1S/C52H98N22O10/c1-29(2)27-31(54)40(75)72-37(28-30(3)4)44(79)71-35(16-9-23-65-51(59)60)46(81)73-25-11-18-38(73)45(80)69-34(15-8-22-64-50(57)58)42(77)68-33(14-7-21-63-49(55)56)41(76)67-32(13-5-6-20-53)43(78)70-36(17-10-24-66-52(61)62)47(82)74-26-12-19-39(74)48(83)84/h29-39H,5-28,53-54H2,1-4H3,(H,67,76)(H,68,77)(H,69,80)(H,70,78)(H,71,79)(H,72,75)(H,83,84)(H4,55,56,63)(H4,57,58,64)(H4,59,60,65)(H4,61,62,66)/t31-,32-,33-,34-,35-,36-,37-,38-,39-/m0/s1. The van der Waals surface area contributed by atoms with Gasteiger partial charge < -0.3 is 102 Å². The highest BCUT2D eigenvalue weighted by atomic mass is 16.4. The lowest BCUT2D eigenvalue weighted by molar-refractivity contribution is -0.149. The predicted molar refractivity (Wildman–Crippen MR) is 315 cm³/mol. The van der Waals surface area contributed by atoms with Crippen LogP contribution in [-0.2, 0) is 43.2 Å². The van der Waals surface area contributed by atoms with Crippen LogP contribution >= 0.6 is 0 Å². The van der Waals surface area contributed by atoms with Gasteiger partial charge in [-0.3, -0.25) is 60.0 Å². The summed E-state index contributed by atoms with van der Waals surface area (Å²) >= 11 is 0. The third-order valence-corrected chi connectivity index (χ3v) is 14.1. The number of hydrogen-bond donors (Lipinski definition) is 21. The Morgan fingerprint density at radius 3 is 1.18 bits per heavy atom. The van der Waals surface area contributed by atoms with Gasteiger partial charge in [-0.1, -0.05) is 27.7 Å². The first kappa shape index (κ1) is 72.3. The van der Waals surface area contributed by atoms with Crippen molar-refractivity contribution in [3.05, 3.63) is 0 Å². The maximum atomic E-state index is 14.7. The Morgan fingerprint density at radius 1 is 0.464 bits per heavy atom. The summed E-state index contributed by atoms with van der Waals surface area (Å²) in [5.74, 6) is -8.17. The molecule has 8 amide bonds. The van der Waals surface area contributed by atoms with Crippen LogP contribution < -0.4 is 87.6 Å². The molecule has 2 fully saturated rings. The van der Waals surface area contributed by atoms with Crippen LogP contribution in [0.2, 0.25) is 0 Å². The van der Waals surface area contributed by atoms with E-state index in [1.54, 1.807) is 0 Å². The Kier molecular flexibility index (Phi) is 32.9. The van der Waals surface area contributed by atoms with Gasteiger partial charge in [0.05, 0.1) is 6.04 Å². The van der Waals surface area contributed by atoms with E-state index in [1.807, 2.05) is 27.7 Å². The number of rotatable bonds is 39. The van der Waals surface area contributed by atoms with Crippen LogP contribution in [-0.4, -0.2) is 192 Å². The lowest BCUT2D eigenvalue weighted by Crippen LogP contribution is -2.60. The highest BCUT2D eigenvalue weighted by molar-refractivity contribution is 5.98. The summed E-state index contributed by atoms with van der Waals surface area (Å²) in [6, 6.07) is -10.8. The molecule has 2 aliphatic rings. The summed E-state index contributed by atoms with van der Waals surface area (Å²) in [6.07, 6.45) is 3.16. The maximum Gasteiger partial charge on any atom is 0.326 e. The molecule has 0 spiro atoms. The molecule has 0 aromatic rings. The van der Waals surface area contributed by atoms with Crippen LogP contribution in [0.1, 0.15) is 137 Å². The maximum absolute atomic E-state index is 14.7. The van der Waals surface area contributed by atoms with Crippen molar-refractivity contribution < 1.29 is 48.3 Å². The lowest BCUT2D eigenvalue weighted by Gasteiger charge is -2.31. The Morgan fingerprint density at radius 2 is 0.798 bits per heavy atom. The average Bonchev–Trinajstić information content (AvgIpc) is 4.17. The van der Waals surface area contributed by atoms with Crippen molar-refractivity contribution in [2.45, 2.75) is 191 Å². The third kappa shape index (κ3) is 27.1. The monoisotopic (exact) mass is 1190 g/mol. The van der Waals surface area contributed by atoms with E-state index in [4.69, 9.17) is 56.0 Å². The molecule has 0 aliphatic carbocycles. The van der Waals surface area contributed by atoms with Crippen molar-refractivity contribution in [2.24, 2.45) is 46.2 Å². The van der Waals surface area contributed by atoms with Crippen molar-refractivity contribution in [2.75, 3.05) is 45.8 Å². The number of carbonyl (C=O) groups excluding carboxylic acids is 8. The molecule has 32 heteroatoms. The summed E-state index contributed by atoms with van der Waals surface area (Å²) in [4.78, 5) is 128. The second-order valence-corrected chi connectivity index (χ2v) is 22.2. The number of guanidine groups is 4. The summed E-state index contributed by atoms with van der Waals surface area (Å²) in [5, 5.41) is 67.3. The van der Waals surface area contributed by atoms with E-state index in [0.717, 1.165) is 0 Å². The van der Waals surface area contributed by atoms with Crippen molar-refractivity contribution in [1.29, 1.82) is 21.6 Å². The molecule has 0 aromatic heterocycles. The fourth-order valence-electron chi connectivity index (χ4n) is 9.88. The molecule has 27 N–H and O–H groups in total. The van der Waals surface area contributed by atoms with Crippen LogP contribution in [0, 0.1) is 33.5 Å². The van der Waals surface area contributed by atoms with E-state index in [2.05, 4.69) is 53.2 Å². The number of unbranched alkanes of at least 4 members (excludes halogenated alkanes) is 1. The Hall–Kier alpha value is -7.77. The molecule has 0 radical (unpaired) electrons. The van der Waals surface area contributed by atoms with E-state index in [-0.39, 0.29) is 159 Å². The molecular formula is C52H98N22O10. The highest BCUT2D eigenvalue weighted by Crippen LogP contribution is 2.22. The Balaban J connectivity index is 2.53. The van der Waals surface area contributed by atoms with E-state index in [9.17, 15) is 48.3 Å². The molecule has 2 saturated heterocycles. The number of nitrogens with one attached hydrogen (secondary N) is 14. The molecule has 2 heterocycles. The zero-order valence-corrected chi connectivity index (χ0v) is 49.3. The number of hydrogen-bond acceptors (Lipinski definition) is 15. The van der Waals surface area contributed by atoms with Crippen LogP contribution in [0.25, 0.3) is 0 Å². The number of carboxylic acid groups (broad SMARTS) is 1. The molecule has 2 aliphatic heterocycles. The normalized spacial score (nSPS) is 17.2. The topological polar surface area (TPSA) is 552 Å². The molecule has 2 rings (SSSR count). The zero-order chi connectivity index (χ0) is 63.1. The van der Waals surface area contributed by atoms with Crippen molar-refractivity contribution in [1.82, 2.24) is 63.0 Å². The summed E-state index contributed by atoms with van der Waals surface area (Å²) < 4.78 is 0. The van der Waals surface area contributed by atoms with Crippen LogP contribution in [0.15, 0.2) is 0 Å². The van der Waals surface area contributed by atoms with Gasteiger partial charge in [0.25, 0.3) is 0 Å². The molecule has 476 valence electrons. The minimum Gasteiger partial charge on any atom is -0.480 e. The minimum absolute atomic E-state index is 0.00631. The predicted octanol–water partition coefficient (Wildman–Crippen LogP) is -4.44. The van der Waals surface area contributed by atoms with Crippen molar-refractivity contribution in [3.8, 4) is 0 Å². The molecular weight excluding hydrogens is 1090 g/mol. The number of carboxylic acids is 1. The number of nitrogens with zero attached hydrogens (tertiary/aromatic N) is 2. The summed E-state index contributed by atoms with van der Waals surface area (Å²) in [7, 11) is 0. The van der Waals surface area contributed by atoms with Gasteiger partial charge in [0, 0.05) is 39.3 Å². The molecule has 9 atom stereocenters. The smallest absolute Gasteiger partial charge is 0.326 e. The van der Waals surface area contributed by atoms with Gasteiger partial charge in [-0.2, -0.15) is 0 Å². The van der Waals surface area contributed by atoms with Crippen LogP contribution in [0.4, 0.5) is 0 Å². The minimum atomic E-state index is -1.40. The van der Waals surface area contributed by atoms with Gasteiger partial charge in [-0.15, -0.1) is 0 Å². The number of amides is 8. The van der Waals surface area contributed by atoms with Gasteiger partial charge in [-0.25, -0.2) is 4.79 Å². The molecule has 84 heavy (non-hydrogen) atoms. The molecule has 0 unspecified atom stereocenters. The number of carbonyl (C=O) groups is 9. The van der Waals surface area contributed by atoms with E-state index < -0.39 is 108 Å². The first-order valence-corrected chi connectivity index (χ1v) is 29.1. The Bertz CT molecular complexity index is 2240. The number of aliphatic carboxylic acids is 1. The second kappa shape index (κ2) is 38.2. The van der Waals surface area contributed by atoms with Gasteiger partial charge in [0.2, 0.25) is 47.3 Å². The van der Waals surface area contributed by atoms with Crippen LogP contribution in [0.3, 0.4) is 0 Å². The highest BCUT2D eigenvalue weighted by Gasteiger charge is 2.41. The van der Waals surface area contributed by atoms with E-state index in [0.29, 0.717) is 32.1 Å². The fraction of sp³-hybridized carbons (Fsp3) is 0.750. The average molecular weight is 1190 g/mol. The van der Waals surface area contributed by atoms with Crippen molar-refractivity contribution >= 4 is 77.1 Å². The van der Waals surface area contributed by atoms with Gasteiger partial charge >= 0.3 is 5.97 Å². The SMILES string of the molecule is CC(C)C[C@H](NC(=O)[C@@H](N)CC(C)C)C(=O)N[C@@H](CCCNC(=N)N)C(=O)N1CCC[C@H]1C(=O)N[C@@H](CCCNC(=N)N)C(=O)N[C@@H](CCCNC(=N)N)C(=O)N[C@@H](CCCCN)C(=O)N[C@@H](CCCNC(=N)N)C(=O)N1CCC[C@H]1C(=O)O. The quantitative estimate of drug-likeness (QED) is 0.0157. The first-order valence-electron chi connectivity index (χ1n) is 29.1. The first-order chi connectivity index (χ1) is 39.7. The van der Waals surface area contributed by atoms with Gasteiger partial charge in [0.1, 0.15) is 48.3 Å².